The van der Waals surface area contributed by atoms with Crippen molar-refractivity contribution in [3.05, 3.63) is 65.7 Å². The molecule has 2 aromatic carbocycles. The molecule has 0 saturated carbocycles. The standard InChI is InChI=1S/C18H22N2O2/c1-14(15-6-3-2-4-7-15)13-20-17-9-5-8-16(12-17)18(22)19-10-11-21/h2-9,12,14,20-21H,10-11,13H2,1H3,(H,19,22)/t14-/m0/s1. The first kappa shape index (κ1) is 16.0. The van der Waals surface area contributed by atoms with Gasteiger partial charge in [-0.25, -0.2) is 0 Å². The number of hydrogen-bond acceptors (Lipinski definition) is 3. The molecule has 0 aliphatic rings. The molecule has 2 rings (SSSR count). The van der Waals surface area contributed by atoms with Crippen molar-refractivity contribution in [3.8, 4) is 0 Å². The van der Waals surface area contributed by atoms with Gasteiger partial charge in [-0.3, -0.25) is 4.79 Å². The number of aliphatic hydroxyl groups is 1. The predicted molar refractivity (Wildman–Crippen MR) is 89.2 cm³/mol. The van der Waals surface area contributed by atoms with Gasteiger partial charge in [0.15, 0.2) is 0 Å². The third-order valence-electron chi connectivity index (χ3n) is 3.50. The molecular weight excluding hydrogens is 276 g/mol. The summed E-state index contributed by atoms with van der Waals surface area (Å²) >= 11 is 0. The van der Waals surface area contributed by atoms with E-state index in [0.717, 1.165) is 12.2 Å². The summed E-state index contributed by atoms with van der Waals surface area (Å²) in [5.74, 6) is 0.210. The largest absolute Gasteiger partial charge is 0.395 e. The van der Waals surface area contributed by atoms with E-state index in [1.165, 1.54) is 5.56 Å². The smallest absolute Gasteiger partial charge is 0.251 e. The summed E-state index contributed by atoms with van der Waals surface area (Å²) in [6, 6.07) is 17.7. The summed E-state index contributed by atoms with van der Waals surface area (Å²) in [6.45, 7) is 3.17. The van der Waals surface area contributed by atoms with E-state index in [4.69, 9.17) is 5.11 Å². The van der Waals surface area contributed by atoms with Crippen LogP contribution < -0.4 is 10.6 Å². The molecule has 0 unspecified atom stereocenters. The van der Waals surface area contributed by atoms with Crippen LogP contribution in [-0.4, -0.2) is 30.7 Å². The summed E-state index contributed by atoms with van der Waals surface area (Å²) in [5, 5.41) is 14.8. The lowest BCUT2D eigenvalue weighted by molar-refractivity contribution is 0.0945. The molecule has 2 aromatic rings. The summed E-state index contributed by atoms with van der Waals surface area (Å²) < 4.78 is 0. The molecule has 0 spiro atoms. The fourth-order valence-electron chi connectivity index (χ4n) is 2.21. The van der Waals surface area contributed by atoms with E-state index in [2.05, 4.69) is 29.7 Å². The maximum atomic E-state index is 11.9. The van der Waals surface area contributed by atoms with Crippen molar-refractivity contribution < 1.29 is 9.90 Å². The summed E-state index contributed by atoms with van der Waals surface area (Å²) in [4.78, 5) is 11.9. The van der Waals surface area contributed by atoms with Crippen molar-refractivity contribution in [3.63, 3.8) is 0 Å². The quantitative estimate of drug-likeness (QED) is 0.736. The van der Waals surface area contributed by atoms with Gasteiger partial charge in [0, 0.05) is 24.3 Å². The molecule has 0 radical (unpaired) electrons. The molecular formula is C18H22N2O2. The van der Waals surface area contributed by atoms with Crippen molar-refractivity contribution in [2.45, 2.75) is 12.8 Å². The number of benzene rings is 2. The Morgan fingerprint density at radius 3 is 2.64 bits per heavy atom. The van der Waals surface area contributed by atoms with Crippen LogP contribution in [-0.2, 0) is 0 Å². The van der Waals surface area contributed by atoms with Gasteiger partial charge in [0.1, 0.15) is 0 Å². The SMILES string of the molecule is C[C@@H](CNc1cccc(C(=O)NCCO)c1)c1ccccc1. The van der Waals surface area contributed by atoms with E-state index < -0.39 is 0 Å². The zero-order valence-corrected chi connectivity index (χ0v) is 12.8. The minimum atomic E-state index is -0.172. The fourth-order valence-corrected chi connectivity index (χ4v) is 2.21. The third-order valence-corrected chi connectivity index (χ3v) is 3.50. The van der Waals surface area contributed by atoms with E-state index in [1.54, 1.807) is 6.07 Å². The Balaban J connectivity index is 1.94. The number of aliphatic hydroxyl groups excluding tert-OH is 1. The minimum Gasteiger partial charge on any atom is -0.395 e. The molecule has 0 bridgehead atoms. The first-order valence-electron chi connectivity index (χ1n) is 7.48. The summed E-state index contributed by atoms with van der Waals surface area (Å²) in [7, 11) is 0. The normalized spacial score (nSPS) is 11.7. The number of anilines is 1. The third kappa shape index (κ3) is 4.60. The fraction of sp³-hybridized carbons (Fsp3) is 0.278. The van der Waals surface area contributed by atoms with Crippen LogP contribution in [0.5, 0.6) is 0 Å². The average Bonchev–Trinajstić information content (AvgIpc) is 2.58. The summed E-state index contributed by atoms with van der Waals surface area (Å²) in [6.07, 6.45) is 0. The molecule has 22 heavy (non-hydrogen) atoms. The van der Waals surface area contributed by atoms with E-state index >= 15 is 0 Å². The van der Waals surface area contributed by atoms with Gasteiger partial charge in [0.05, 0.1) is 6.61 Å². The molecule has 0 aromatic heterocycles. The van der Waals surface area contributed by atoms with Crippen molar-refractivity contribution in [1.29, 1.82) is 0 Å². The summed E-state index contributed by atoms with van der Waals surface area (Å²) in [5.41, 5.74) is 2.79. The lowest BCUT2D eigenvalue weighted by Gasteiger charge is -2.14. The molecule has 1 amide bonds. The van der Waals surface area contributed by atoms with Crippen molar-refractivity contribution in [2.24, 2.45) is 0 Å². The van der Waals surface area contributed by atoms with Gasteiger partial charge in [0.25, 0.3) is 5.91 Å². The minimum absolute atomic E-state index is 0.0573. The number of carbonyl (C=O) groups is 1. The molecule has 4 nitrogen and oxygen atoms in total. The van der Waals surface area contributed by atoms with Gasteiger partial charge in [0.2, 0.25) is 0 Å². The number of amides is 1. The number of carbonyl (C=O) groups excluding carboxylic acids is 1. The second kappa shape index (κ2) is 8.20. The molecule has 0 saturated heterocycles. The molecule has 116 valence electrons. The molecule has 4 heteroatoms. The zero-order valence-electron chi connectivity index (χ0n) is 12.8. The van der Waals surface area contributed by atoms with E-state index in [1.807, 2.05) is 36.4 Å². The number of hydrogen-bond donors (Lipinski definition) is 3. The zero-order chi connectivity index (χ0) is 15.8. The highest BCUT2D eigenvalue weighted by molar-refractivity contribution is 5.95. The van der Waals surface area contributed by atoms with Gasteiger partial charge in [-0.15, -0.1) is 0 Å². The van der Waals surface area contributed by atoms with Crippen molar-refractivity contribution in [1.82, 2.24) is 5.32 Å². The molecule has 0 fully saturated rings. The monoisotopic (exact) mass is 298 g/mol. The topological polar surface area (TPSA) is 61.4 Å². The molecule has 1 atom stereocenters. The van der Waals surface area contributed by atoms with Gasteiger partial charge >= 0.3 is 0 Å². The highest BCUT2D eigenvalue weighted by atomic mass is 16.3. The van der Waals surface area contributed by atoms with Gasteiger partial charge < -0.3 is 15.7 Å². The molecule has 0 heterocycles. The number of nitrogens with one attached hydrogen (secondary N) is 2. The molecule has 0 aliphatic carbocycles. The maximum Gasteiger partial charge on any atom is 0.251 e. The highest BCUT2D eigenvalue weighted by Crippen LogP contribution is 2.17. The van der Waals surface area contributed by atoms with Crippen molar-refractivity contribution >= 4 is 11.6 Å². The Morgan fingerprint density at radius 2 is 1.91 bits per heavy atom. The molecule has 0 aliphatic heterocycles. The van der Waals surface area contributed by atoms with Crippen LogP contribution in [0.15, 0.2) is 54.6 Å². The predicted octanol–water partition coefficient (Wildman–Crippen LogP) is 2.62. The Bertz CT molecular complexity index is 599. The lowest BCUT2D eigenvalue weighted by atomic mass is 10.0. The van der Waals surface area contributed by atoms with Gasteiger partial charge in [-0.1, -0.05) is 43.3 Å². The van der Waals surface area contributed by atoms with Crippen LogP contribution in [0.3, 0.4) is 0 Å². The second-order valence-electron chi connectivity index (χ2n) is 5.25. The second-order valence-corrected chi connectivity index (χ2v) is 5.25. The Morgan fingerprint density at radius 1 is 1.14 bits per heavy atom. The Labute approximate surface area is 131 Å². The van der Waals surface area contributed by atoms with Gasteiger partial charge in [-0.05, 0) is 29.7 Å². The highest BCUT2D eigenvalue weighted by Gasteiger charge is 2.07. The van der Waals surface area contributed by atoms with Crippen LogP contribution >= 0.6 is 0 Å². The van der Waals surface area contributed by atoms with Crippen LogP contribution in [0.4, 0.5) is 5.69 Å². The Kier molecular flexibility index (Phi) is 5.98. The maximum absolute atomic E-state index is 11.9. The van der Waals surface area contributed by atoms with E-state index in [0.29, 0.717) is 11.5 Å². The van der Waals surface area contributed by atoms with Gasteiger partial charge in [-0.2, -0.15) is 0 Å². The first-order valence-corrected chi connectivity index (χ1v) is 7.48. The lowest BCUT2D eigenvalue weighted by Crippen LogP contribution is -2.26. The van der Waals surface area contributed by atoms with Crippen LogP contribution in [0.2, 0.25) is 0 Å². The average molecular weight is 298 g/mol. The van der Waals surface area contributed by atoms with E-state index in [-0.39, 0.29) is 19.1 Å². The van der Waals surface area contributed by atoms with Crippen LogP contribution in [0.25, 0.3) is 0 Å². The first-order chi connectivity index (χ1) is 10.7. The van der Waals surface area contributed by atoms with Crippen LogP contribution in [0, 0.1) is 0 Å². The van der Waals surface area contributed by atoms with Crippen molar-refractivity contribution in [2.75, 3.05) is 25.0 Å². The van der Waals surface area contributed by atoms with Crippen LogP contribution in [0.1, 0.15) is 28.8 Å². The van der Waals surface area contributed by atoms with E-state index in [9.17, 15) is 4.79 Å². The molecule has 3 N–H and O–H groups in total. The number of rotatable bonds is 7. The Hall–Kier alpha value is -2.33.